The van der Waals surface area contributed by atoms with E-state index in [1.165, 1.54) is 5.56 Å². The molecule has 0 spiro atoms. The Balaban J connectivity index is 0.000000644. The number of benzene rings is 3. The molecule has 3 aromatic carbocycles. The third kappa shape index (κ3) is 8.67. The predicted molar refractivity (Wildman–Crippen MR) is 150 cm³/mol. The van der Waals surface area contributed by atoms with Crippen LogP contribution >= 0.6 is 0 Å². The summed E-state index contributed by atoms with van der Waals surface area (Å²) in [5.74, 6) is -1.18. The monoisotopic (exact) mass is 680 g/mol. The molecule has 7 nitrogen and oxygen atoms in total. The Morgan fingerprint density at radius 1 is 0.681 bits per heavy atom. The molecule has 47 heavy (non-hydrogen) atoms. The van der Waals surface area contributed by atoms with Gasteiger partial charge in [-0.15, -0.1) is 0 Å². The molecule has 2 N–H and O–H groups in total. The number of fused-ring (bicyclic) bond motifs is 1. The number of alkyl halides is 9. The average Bonchev–Trinajstić information content (AvgIpc) is 3.48. The summed E-state index contributed by atoms with van der Waals surface area (Å²) >= 11 is 0. The van der Waals surface area contributed by atoms with Crippen molar-refractivity contribution >= 4 is 5.97 Å². The lowest BCUT2D eigenvalue weighted by atomic mass is 9.90. The SMILES string of the molecule is O=C(O)C(F)(F)F.OC(c1ccc(-c2ccc(CN3CCN(CCc4ccc5c(c4)OCO5)CC3)cc2)cc1)(C(F)(F)F)C(F)(F)F. The smallest absolute Gasteiger partial charge is 0.475 e. The Morgan fingerprint density at radius 3 is 1.66 bits per heavy atom. The van der Waals surface area contributed by atoms with Crippen LogP contribution in [0.25, 0.3) is 11.1 Å². The van der Waals surface area contributed by atoms with Gasteiger partial charge in [-0.05, 0) is 40.8 Å². The topological polar surface area (TPSA) is 82.5 Å². The molecule has 5 rings (SSSR count). The van der Waals surface area contributed by atoms with Crippen LogP contribution < -0.4 is 9.47 Å². The number of hydrogen-bond donors (Lipinski definition) is 2. The second-order valence-electron chi connectivity index (χ2n) is 10.8. The quantitative estimate of drug-likeness (QED) is 0.280. The van der Waals surface area contributed by atoms with Crippen molar-refractivity contribution in [3.63, 3.8) is 0 Å². The number of ether oxygens (including phenoxy) is 2. The summed E-state index contributed by atoms with van der Waals surface area (Å²) in [4.78, 5) is 13.7. The van der Waals surface area contributed by atoms with Crippen molar-refractivity contribution in [2.75, 3.05) is 39.5 Å². The van der Waals surface area contributed by atoms with E-state index < -0.39 is 35.7 Å². The number of carboxylic acids is 1. The van der Waals surface area contributed by atoms with Gasteiger partial charge in [-0.2, -0.15) is 39.5 Å². The third-order valence-corrected chi connectivity index (χ3v) is 7.68. The largest absolute Gasteiger partial charge is 0.490 e. The lowest BCUT2D eigenvalue weighted by Gasteiger charge is -2.34. The van der Waals surface area contributed by atoms with Crippen molar-refractivity contribution in [3.8, 4) is 22.6 Å². The molecule has 0 unspecified atom stereocenters. The standard InChI is InChI=1S/C29H28F6N2O3.C2HF3O2/c30-28(31,32)27(38,29(33,34)35)24-8-6-23(7-9-24)22-4-1-21(2-5-22)18-37-15-13-36(14-16-37)12-11-20-3-10-25-26(17-20)40-19-39-25;3-2(4,5)1(6)7/h1-10,17,38H,11-16,18-19H2;(H,6,7). The van der Waals surface area contributed by atoms with Crippen molar-refractivity contribution in [1.29, 1.82) is 0 Å². The Bertz CT molecular complexity index is 1490. The summed E-state index contributed by atoms with van der Waals surface area (Å²) in [7, 11) is 0. The highest BCUT2D eigenvalue weighted by atomic mass is 19.4. The molecule has 256 valence electrons. The molecule has 0 saturated carbocycles. The van der Waals surface area contributed by atoms with Crippen LogP contribution in [-0.2, 0) is 23.4 Å². The fourth-order valence-corrected chi connectivity index (χ4v) is 5.01. The number of carbonyl (C=O) groups is 1. The molecule has 2 aliphatic rings. The first-order valence-electron chi connectivity index (χ1n) is 14.1. The highest BCUT2D eigenvalue weighted by Crippen LogP contribution is 2.50. The van der Waals surface area contributed by atoms with Gasteiger partial charge in [-0.3, -0.25) is 4.90 Å². The summed E-state index contributed by atoms with van der Waals surface area (Å²) in [5.41, 5.74) is -2.86. The highest BCUT2D eigenvalue weighted by Gasteiger charge is 2.71. The lowest BCUT2D eigenvalue weighted by molar-refractivity contribution is -0.376. The fourth-order valence-electron chi connectivity index (χ4n) is 5.01. The number of aliphatic carboxylic acids is 1. The van der Waals surface area contributed by atoms with Gasteiger partial charge >= 0.3 is 24.5 Å². The van der Waals surface area contributed by atoms with Crippen LogP contribution in [0.5, 0.6) is 11.5 Å². The highest BCUT2D eigenvalue weighted by molar-refractivity contribution is 5.73. The molecule has 1 saturated heterocycles. The van der Waals surface area contributed by atoms with Gasteiger partial charge in [0.05, 0.1) is 0 Å². The van der Waals surface area contributed by atoms with Crippen LogP contribution in [0.1, 0.15) is 16.7 Å². The van der Waals surface area contributed by atoms with E-state index in [-0.39, 0.29) is 6.79 Å². The van der Waals surface area contributed by atoms with Crippen LogP contribution in [0.3, 0.4) is 0 Å². The molecule has 2 aliphatic heterocycles. The van der Waals surface area contributed by atoms with Gasteiger partial charge in [0.1, 0.15) is 0 Å². The minimum atomic E-state index is -5.91. The number of aliphatic hydroxyl groups is 1. The number of rotatable bonds is 7. The van der Waals surface area contributed by atoms with E-state index in [0.29, 0.717) is 23.3 Å². The molecule has 1 fully saturated rings. The van der Waals surface area contributed by atoms with Crippen LogP contribution in [-0.4, -0.2) is 84.0 Å². The van der Waals surface area contributed by atoms with Gasteiger partial charge in [0.25, 0.3) is 5.60 Å². The van der Waals surface area contributed by atoms with Gasteiger partial charge < -0.3 is 24.6 Å². The number of piperazine rings is 1. The van der Waals surface area contributed by atoms with E-state index in [1.54, 1.807) is 12.1 Å². The second kappa shape index (κ2) is 14.0. The summed E-state index contributed by atoms with van der Waals surface area (Å²) in [5, 5.41) is 16.7. The first kappa shape index (κ1) is 35.8. The van der Waals surface area contributed by atoms with Crippen LogP contribution in [0.4, 0.5) is 39.5 Å². The van der Waals surface area contributed by atoms with Crippen molar-refractivity contribution in [2.45, 2.75) is 37.1 Å². The van der Waals surface area contributed by atoms with Crippen LogP contribution in [0, 0.1) is 0 Å². The van der Waals surface area contributed by atoms with E-state index in [4.69, 9.17) is 19.4 Å². The molecular weight excluding hydrogens is 651 g/mol. The van der Waals surface area contributed by atoms with Gasteiger partial charge in [-0.25, -0.2) is 4.79 Å². The van der Waals surface area contributed by atoms with Gasteiger partial charge in [0.2, 0.25) is 6.79 Å². The molecule has 0 aliphatic carbocycles. The van der Waals surface area contributed by atoms with Crippen LogP contribution in [0.2, 0.25) is 0 Å². The molecule has 3 aromatic rings. The minimum Gasteiger partial charge on any atom is -0.475 e. The lowest BCUT2D eigenvalue weighted by Crippen LogP contribution is -2.53. The summed E-state index contributed by atoms with van der Waals surface area (Å²) < 4.78 is 121. The molecule has 0 aromatic heterocycles. The summed E-state index contributed by atoms with van der Waals surface area (Å²) in [6, 6.07) is 17.0. The molecule has 0 amide bonds. The van der Waals surface area contributed by atoms with E-state index in [1.807, 2.05) is 24.3 Å². The molecule has 0 atom stereocenters. The van der Waals surface area contributed by atoms with Crippen molar-refractivity contribution in [2.24, 2.45) is 0 Å². The number of carboxylic acid groups (broad SMARTS) is 1. The van der Waals surface area contributed by atoms with E-state index in [2.05, 4.69) is 15.9 Å². The first-order valence-corrected chi connectivity index (χ1v) is 14.1. The zero-order valence-corrected chi connectivity index (χ0v) is 24.4. The Labute approximate surface area is 262 Å². The number of nitrogens with zero attached hydrogens (tertiary/aromatic N) is 2. The zero-order valence-electron chi connectivity index (χ0n) is 24.4. The first-order chi connectivity index (χ1) is 21.9. The molecule has 2 heterocycles. The molecule has 16 heteroatoms. The van der Waals surface area contributed by atoms with Crippen LogP contribution in [0.15, 0.2) is 66.7 Å². The number of hydrogen-bond acceptors (Lipinski definition) is 6. The second-order valence-corrected chi connectivity index (χ2v) is 10.8. The molecular formula is C31H29F9N2O5. The van der Waals surface area contributed by atoms with Gasteiger partial charge in [0.15, 0.2) is 11.5 Å². The van der Waals surface area contributed by atoms with E-state index >= 15 is 0 Å². The normalized spacial score (nSPS) is 16.0. The Hall–Kier alpha value is -4.02. The maximum atomic E-state index is 13.1. The van der Waals surface area contributed by atoms with E-state index in [0.717, 1.165) is 74.9 Å². The predicted octanol–water partition coefficient (Wildman–Crippen LogP) is 6.39. The summed E-state index contributed by atoms with van der Waals surface area (Å²) in [6.07, 6.45) is -16.0. The van der Waals surface area contributed by atoms with Crippen molar-refractivity contribution < 1.29 is 64.0 Å². The van der Waals surface area contributed by atoms with Crippen molar-refractivity contribution in [3.05, 3.63) is 83.4 Å². The van der Waals surface area contributed by atoms with E-state index in [9.17, 15) is 44.6 Å². The Morgan fingerprint density at radius 2 is 1.15 bits per heavy atom. The molecule has 0 radical (unpaired) electrons. The third-order valence-electron chi connectivity index (χ3n) is 7.68. The fraction of sp³-hybridized carbons (Fsp3) is 0.387. The minimum absolute atomic E-state index is 0.262. The van der Waals surface area contributed by atoms with Crippen molar-refractivity contribution in [1.82, 2.24) is 9.80 Å². The van der Waals surface area contributed by atoms with Gasteiger partial charge in [-0.1, -0.05) is 54.6 Å². The van der Waals surface area contributed by atoms with Gasteiger partial charge in [0, 0.05) is 44.8 Å². The Kier molecular flexibility index (Phi) is 10.7. The maximum absolute atomic E-state index is 13.1. The number of halogens is 9. The summed E-state index contributed by atoms with van der Waals surface area (Å²) in [6.45, 7) is 5.65. The molecule has 0 bridgehead atoms. The average molecular weight is 681 g/mol. The zero-order chi connectivity index (χ0) is 34.6. The maximum Gasteiger partial charge on any atom is 0.490 e.